The molecule has 10 heteroatoms. The van der Waals surface area contributed by atoms with E-state index < -0.39 is 6.04 Å². The number of aromatic nitrogens is 1. The van der Waals surface area contributed by atoms with Crippen LogP contribution in [0.25, 0.3) is 10.8 Å². The molecule has 1 fully saturated rings. The van der Waals surface area contributed by atoms with Gasteiger partial charge in [-0.3, -0.25) is 9.59 Å². The first-order valence-electron chi connectivity index (χ1n) is 14.9. The number of nitrogens with one attached hydrogen (secondary N) is 1. The zero-order valence-corrected chi connectivity index (χ0v) is 26.3. The molecule has 5 N–H and O–H groups in total. The van der Waals surface area contributed by atoms with E-state index in [1.165, 1.54) is 0 Å². The number of nitrogen functional groups attached to an aromatic ring is 1. The monoisotopic (exact) mass is 632 g/mol. The minimum Gasteiger partial charge on any atom is -0.384 e. The van der Waals surface area contributed by atoms with E-state index in [1.807, 2.05) is 47.1 Å². The van der Waals surface area contributed by atoms with Gasteiger partial charge in [0.2, 0.25) is 11.8 Å². The fraction of sp³-hybridized carbons (Fsp3) is 0.324. The maximum Gasteiger partial charge on any atom is 0.240 e. The van der Waals surface area contributed by atoms with Crippen LogP contribution in [-0.2, 0) is 22.4 Å². The third kappa shape index (κ3) is 7.80. The number of benzene rings is 3. The summed E-state index contributed by atoms with van der Waals surface area (Å²) in [5.41, 5.74) is 14.0. The van der Waals surface area contributed by atoms with Crippen molar-refractivity contribution >= 4 is 57.4 Å². The molecule has 0 saturated carbocycles. The largest absolute Gasteiger partial charge is 0.384 e. The molecule has 3 aromatic carbocycles. The summed E-state index contributed by atoms with van der Waals surface area (Å²) in [5.74, 6) is 1.04. The number of fused-ring (bicyclic) bond motifs is 1. The lowest BCUT2D eigenvalue weighted by molar-refractivity contribution is -0.147. The maximum atomic E-state index is 13.8. The van der Waals surface area contributed by atoms with Crippen LogP contribution < -0.4 is 16.8 Å². The Morgan fingerprint density at radius 3 is 2.55 bits per heavy atom. The summed E-state index contributed by atoms with van der Waals surface area (Å²) in [6, 6.07) is 23.8. The topological polar surface area (TPSA) is 118 Å². The quantitative estimate of drug-likeness (QED) is 0.197. The van der Waals surface area contributed by atoms with Gasteiger partial charge in [-0.05, 0) is 72.4 Å². The van der Waals surface area contributed by atoms with Crippen LogP contribution in [0.1, 0.15) is 30.9 Å². The van der Waals surface area contributed by atoms with Crippen LogP contribution in [0.15, 0.2) is 78.9 Å². The highest BCUT2D eigenvalue weighted by Crippen LogP contribution is 2.25. The number of carbonyl (C=O) groups excluding carboxylic acids is 2. The summed E-state index contributed by atoms with van der Waals surface area (Å²) >= 11 is 12.4. The van der Waals surface area contributed by atoms with Gasteiger partial charge in [0.15, 0.2) is 0 Å². The van der Waals surface area contributed by atoms with Gasteiger partial charge in [0, 0.05) is 41.8 Å². The summed E-state index contributed by atoms with van der Waals surface area (Å²) in [6.07, 6.45) is 2.03. The number of amides is 2. The number of pyridine rings is 1. The van der Waals surface area contributed by atoms with Crippen molar-refractivity contribution in [3.05, 3.63) is 100 Å². The van der Waals surface area contributed by atoms with Crippen LogP contribution in [0.4, 0.5) is 11.6 Å². The van der Waals surface area contributed by atoms with Crippen molar-refractivity contribution in [3.8, 4) is 0 Å². The Balaban J connectivity index is 1.29. The highest BCUT2D eigenvalue weighted by Gasteiger charge is 2.37. The van der Waals surface area contributed by atoms with Gasteiger partial charge in [0.05, 0.1) is 12.5 Å². The first kappa shape index (κ1) is 31.6. The van der Waals surface area contributed by atoms with Crippen molar-refractivity contribution in [3.63, 3.8) is 0 Å². The van der Waals surface area contributed by atoms with Crippen molar-refractivity contribution in [2.24, 2.45) is 5.73 Å². The minimum atomic E-state index is -0.780. The number of carbonyl (C=O) groups is 2. The van der Waals surface area contributed by atoms with Gasteiger partial charge >= 0.3 is 0 Å². The molecule has 0 aliphatic carbocycles. The van der Waals surface area contributed by atoms with E-state index in [4.69, 9.17) is 34.7 Å². The molecule has 44 heavy (non-hydrogen) atoms. The molecule has 0 spiro atoms. The van der Waals surface area contributed by atoms with Crippen molar-refractivity contribution in [1.29, 1.82) is 0 Å². The molecule has 230 valence electrons. The molecular weight excluding hydrogens is 595 g/mol. The molecular formula is C34H38Cl2N6O2. The first-order valence-corrected chi connectivity index (χ1v) is 15.7. The molecule has 0 radical (unpaired) electrons. The van der Waals surface area contributed by atoms with E-state index in [9.17, 15) is 9.59 Å². The Hall–Kier alpha value is -3.85. The molecule has 1 aliphatic heterocycles. The molecule has 2 amide bonds. The van der Waals surface area contributed by atoms with E-state index in [0.29, 0.717) is 60.6 Å². The minimum absolute atomic E-state index is 0.0456. The molecule has 2 unspecified atom stereocenters. The highest BCUT2D eigenvalue weighted by molar-refractivity contribution is 6.35. The van der Waals surface area contributed by atoms with Crippen molar-refractivity contribution < 1.29 is 9.59 Å². The number of anilines is 2. The standard InChI is InChI=1S/C34H38Cl2N6O2/c1-22-20-42(34(44)30(37)18-26-13-14-27(35)19-29(26)36)28(8-5-15-39-32-10-4-9-31(38)40-32)21-41(22)33(43)17-23-11-12-24-6-2-3-7-25(24)16-23/h2-4,6-7,9-14,16,19,22,28,30H,5,8,15,17-18,20-21,37H2,1H3,(H3,38,39,40)/t22-,28?,30?/m1/s1. The summed E-state index contributed by atoms with van der Waals surface area (Å²) in [4.78, 5) is 35.5. The van der Waals surface area contributed by atoms with Crippen LogP contribution in [0.5, 0.6) is 0 Å². The summed E-state index contributed by atoms with van der Waals surface area (Å²) < 4.78 is 0. The van der Waals surface area contributed by atoms with Crippen molar-refractivity contribution in [2.75, 3.05) is 30.7 Å². The number of rotatable bonds is 10. The first-order chi connectivity index (χ1) is 21.2. The van der Waals surface area contributed by atoms with E-state index >= 15 is 0 Å². The lowest BCUT2D eigenvalue weighted by Gasteiger charge is -2.46. The van der Waals surface area contributed by atoms with Crippen LogP contribution >= 0.6 is 23.2 Å². The van der Waals surface area contributed by atoms with Gasteiger partial charge in [-0.2, -0.15) is 0 Å². The van der Waals surface area contributed by atoms with E-state index in [2.05, 4.69) is 34.6 Å². The van der Waals surface area contributed by atoms with Crippen LogP contribution in [0, 0.1) is 0 Å². The molecule has 1 saturated heterocycles. The van der Waals surface area contributed by atoms with Crippen molar-refractivity contribution in [2.45, 2.75) is 50.7 Å². The second-order valence-corrected chi connectivity index (χ2v) is 12.3. The molecule has 1 aromatic heterocycles. The summed E-state index contributed by atoms with van der Waals surface area (Å²) in [6.45, 7) is 3.47. The fourth-order valence-electron chi connectivity index (χ4n) is 5.86. The lowest BCUT2D eigenvalue weighted by atomic mass is 9.98. The predicted molar refractivity (Wildman–Crippen MR) is 179 cm³/mol. The molecule has 0 bridgehead atoms. The van der Waals surface area contributed by atoms with E-state index in [-0.39, 0.29) is 23.9 Å². The fourth-order valence-corrected chi connectivity index (χ4v) is 6.34. The van der Waals surface area contributed by atoms with E-state index in [0.717, 1.165) is 28.3 Å². The van der Waals surface area contributed by atoms with Gasteiger partial charge in [0.25, 0.3) is 0 Å². The average molecular weight is 634 g/mol. The van der Waals surface area contributed by atoms with Crippen LogP contribution in [0.2, 0.25) is 10.0 Å². The van der Waals surface area contributed by atoms with Gasteiger partial charge < -0.3 is 26.6 Å². The SMILES string of the molecule is C[C@@H]1CN(C(=O)C(N)Cc2ccc(Cl)cc2Cl)C(CCCNc2cccc(N)n2)CN1C(=O)Cc1ccc2ccccc2c1. The molecule has 8 nitrogen and oxygen atoms in total. The van der Waals surface area contributed by atoms with Crippen molar-refractivity contribution in [1.82, 2.24) is 14.8 Å². The van der Waals surface area contributed by atoms with Gasteiger partial charge in [-0.15, -0.1) is 0 Å². The normalized spacial score (nSPS) is 17.5. The highest BCUT2D eigenvalue weighted by atomic mass is 35.5. The second kappa shape index (κ2) is 14.3. The van der Waals surface area contributed by atoms with Gasteiger partial charge in [-0.1, -0.05) is 77.8 Å². The Labute approximate surface area is 268 Å². The van der Waals surface area contributed by atoms with Gasteiger partial charge in [-0.25, -0.2) is 4.98 Å². The third-order valence-corrected chi connectivity index (χ3v) is 8.76. The van der Waals surface area contributed by atoms with E-state index in [1.54, 1.807) is 24.3 Å². The average Bonchev–Trinajstić information content (AvgIpc) is 3.00. The van der Waals surface area contributed by atoms with Gasteiger partial charge in [0.1, 0.15) is 11.6 Å². The molecule has 2 heterocycles. The number of halogens is 2. The Bertz CT molecular complexity index is 1630. The number of hydrogen-bond donors (Lipinski definition) is 3. The maximum absolute atomic E-state index is 13.8. The Kier molecular flexibility index (Phi) is 10.3. The summed E-state index contributed by atoms with van der Waals surface area (Å²) in [5, 5.41) is 6.56. The number of piperazine rings is 1. The zero-order chi connectivity index (χ0) is 31.2. The Morgan fingerprint density at radius 2 is 1.77 bits per heavy atom. The van der Waals surface area contributed by atoms with Crippen LogP contribution in [-0.4, -0.2) is 64.4 Å². The molecule has 1 aliphatic rings. The van der Waals surface area contributed by atoms with Crippen LogP contribution in [0.3, 0.4) is 0 Å². The summed E-state index contributed by atoms with van der Waals surface area (Å²) in [7, 11) is 0. The predicted octanol–water partition coefficient (Wildman–Crippen LogP) is 5.56. The third-order valence-electron chi connectivity index (χ3n) is 8.18. The number of nitrogens with zero attached hydrogens (tertiary/aromatic N) is 3. The molecule has 5 rings (SSSR count). The zero-order valence-electron chi connectivity index (χ0n) is 24.8. The number of nitrogens with two attached hydrogens (primary N) is 2. The molecule has 4 aromatic rings. The smallest absolute Gasteiger partial charge is 0.240 e. The number of hydrogen-bond acceptors (Lipinski definition) is 6. The lowest BCUT2D eigenvalue weighted by Crippen LogP contribution is -2.63. The molecule has 3 atom stereocenters. The Morgan fingerprint density at radius 1 is 0.977 bits per heavy atom. The second-order valence-electron chi connectivity index (χ2n) is 11.5.